The third-order valence-electron chi connectivity index (χ3n) is 10.2. The molecule has 1 saturated heterocycles. The quantitative estimate of drug-likeness (QED) is 0.0972. The molecule has 5 aromatic rings. The fourth-order valence-electron chi connectivity index (χ4n) is 7.54. The van der Waals surface area contributed by atoms with E-state index < -0.39 is 57.6 Å². The summed E-state index contributed by atoms with van der Waals surface area (Å²) in [4.78, 5) is 23.0. The van der Waals surface area contributed by atoms with Crippen molar-refractivity contribution in [1.82, 2.24) is 35.2 Å². The van der Waals surface area contributed by atoms with Gasteiger partial charge in [-0.05, 0) is 61.6 Å². The van der Waals surface area contributed by atoms with Gasteiger partial charge in [0, 0.05) is 62.1 Å². The third kappa shape index (κ3) is 8.69. The Labute approximate surface area is 342 Å². The van der Waals surface area contributed by atoms with Crippen molar-refractivity contribution in [3.05, 3.63) is 93.0 Å². The second-order valence-electron chi connectivity index (χ2n) is 14.9. The molecule has 59 heavy (non-hydrogen) atoms. The van der Waals surface area contributed by atoms with Crippen LogP contribution in [-0.4, -0.2) is 83.7 Å². The van der Waals surface area contributed by atoms with E-state index in [-0.39, 0.29) is 57.4 Å². The van der Waals surface area contributed by atoms with Crippen LogP contribution in [0.15, 0.2) is 47.5 Å². The topological polar surface area (TPSA) is 157 Å². The van der Waals surface area contributed by atoms with Crippen molar-refractivity contribution < 1.29 is 35.5 Å². The van der Waals surface area contributed by atoms with E-state index in [0.29, 0.717) is 48.0 Å². The molecule has 0 unspecified atom stereocenters. The Kier molecular flexibility index (Phi) is 11.3. The number of aliphatic imine (C=N–C) groups is 1. The largest absolute Gasteiger partial charge is 0.360 e. The molecule has 0 bridgehead atoms. The van der Waals surface area contributed by atoms with Crippen LogP contribution in [0.25, 0.3) is 22.0 Å². The summed E-state index contributed by atoms with van der Waals surface area (Å²) in [6.07, 6.45) is 2.15. The van der Waals surface area contributed by atoms with Gasteiger partial charge in [-0.15, -0.1) is 0 Å². The van der Waals surface area contributed by atoms with Crippen LogP contribution < -0.4 is 15.4 Å². The number of anilines is 1. The Morgan fingerprint density at radius 1 is 1.17 bits per heavy atom. The molecule has 3 N–H and O–H groups in total. The molecule has 0 radical (unpaired) electrons. The number of nitrogens with one attached hydrogen (secondary N) is 3. The molecular weight excluding hydrogens is 814 g/mol. The lowest BCUT2D eigenvalue weighted by molar-refractivity contribution is -0.123. The zero-order chi connectivity index (χ0) is 42.4. The van der Waals surface area contributed by atoms with Gasteiger partial charge in [-0.2, -0.15) is 19.0 Å². The molecule has 310 valence electrons. The monoisotopic (exact) mass is 853 g/mol. The van der Waals surface area contributed by atoms with Crippen molar-refractivity contribution in [2.75, 3.05) is 37.7 Å². The third-order valence-corrected chi connectivity index (χ3v) is 11.0. The maximum atomic E-state index is 15.6. The number of alkyl halides is 2. The number of fused-ring (bicyclic) bond motifs is 2. The minimum atomic E-state index is -3.79. The summed E-state index contributed by atoms with van der Waals surface area (Å²) in [6.45, 7) is 4.15. The van der Waals surface area contributed by atoms with Crippen LogP contribution in [0.1, 0.15) is 53.8 Å². The Bertz CT molecular complexity index is 2660. The fourth-order valence-corrected chi connectivity index (χ4v) is 8.28. The first kappa shape index (κ1) is 41.8. The number of morpholine rings is 1. The molecule has 3 atom stereocenters. The molecule has 13 nitrogen and oxygen atoms in total. The van der Waals surface area contributed by atoms with Crippen LogP contribution in [0, 0.1) is 29.4 Å². The van der Waals surface area contributed by atoms with E-state index in [4.69, 9.17) is 21.3 Å². The van der Waals surface area contributed by atoms with Gasteiger partial charge >= 0.3 is 0 Å². The molecule has 1 aliphatic carbocycles. The second kappa shape index (κ2) is 16.0. The summed E-state index contributed by atoms with van der Waals surface area (Å²) in [5.74, 6) is -0.659. The van der Waals surface area contributed by atoms with Crippen LogP contribution in [0.5, 0.6) is 0 Å². The molecule has 19 heteroatoms. The summed E-state index contributed by atoms with van der Waals surface area (Å²) >= 11 is 6.66. The first-order valence-electron chi connectivity index (χ1n) is 18.5. The number of sulfonamides is 1. The maximum Gasteiger partial charge on any atom is 0.292 e. The standard InChI is InChI=1S/C40H40ClF4N9O4S/c1-22-14-29-32(19-46-3)50-54(37(29)40(22,44)45)20-33(55)49-31(17-23-15-24(42)18-25(43)16-23)35-27(7-6-26(48-35)10-11-39(2)21-47-12-13-58-39)28-8-9-30(41)34-36(28)53(4)51-38(34)52-59(5,56)57/h6-9,15-16,18-19,22,31,47H,12-14,17,20-21H2,1-5H3,(H,49,55)(H,51,52)/b46-19+/t22-,31+,39-/m1/s1. The number of carbonyl (C=O) groups is 1. The number of ether oxygens (including phenoxy) is 1. The lowest BCUT2D eigenvalue weighted by Gasteiger charge is -2.29. The highest BCUT2D eigenvalue weighted by molar-refractivity contribution is 7.92. The van der Waals surface area contributed by atoms with Gasteiger partial charge in [-0.25, -0.2) is 22.2 Å². The van der Waals surface area contributed by atoms with Crippen LogP contribution >= 0.6 is 11.6 Å². The van der Waals surface area contributed by atoms with Crippen LogP contribution in [0.2, 0.25) is 5.02 Å². The molecule has 2 aromatic carbocycles. The summed E-state index contributed by atoms with van der Waals surface area (Å²) in [6, 6.07) is 8.32. The lowest BCUT2D eigenvalue weighted by atomic mass is 9.93. The number of aromatic nitrogens is 5. The smallest absolute Gasteiger partial charge is 0.292 e. The molecule has 3 aromatic heterocycles. The Balaban J connectivity index is 1.39. The van der Waals surface area contributed by atoms with E-state index in [9.17, 15) is 22.0 Å². The van der Waals surface area contributed by atoms with E-state index in [1.807, 2.05) is 6.92 Å². The number of nitrogens with zero attached hydrogens (tertiary/aromatic N) is 6. The number of rotatable bonds is 10. The highest BCUT2D eigenvalue weighted by Gasteiger charge is 2.50. The predicted molar refractivity (Wildman–Crippen MR) is 215 cm³/mol. The van der Waals surface area contributed by atoms with E-state index in [2.05, 4.69) is 42.4 Å². The van der Waals surface area contributed by atoms with E-state index >= 15 is 8.78 Å². The van der Waals surface area contributed by atoms with Crippen molar-refractivity contribution in [3.8, 4) is 23.0 Å². The fraction of sp³-hybridized carbons (Fsp3) is 0.375. The van der Waals surface area contributed by atoms with Crippen LogP contribution in [0.3, 0.4) is 0 Å². The maximum absolute atomic E-state index is 15.6. The Morgan fingerprint density at radius 2 is 1.90 bits per heavy atom. The number of aryl methyl sites for hydroxylation is 1. The highest BCUT2D eigenvalue weighted by Crippen LogP contribution is 2.47. The summed E-state index contributed by atoms with van der Waals surface area (Å²) < 4.78 is 95.9. The van der Waals surface area contributed by atoms with Gasteiger partial charge in [-0.1, -0.05) is 30.5 Å². The van der Waals surface area contributed by atoms with Crippen molar-refractivity contribution in [2.24, 2.45) is 18.0 Å². The van der Waals surface area contributed by atoms with Gasteiger partial charge in [0.25, 0.3) is 5.92 Å². The van der Waals surface area contributed by atoms with Crippen molar-refractivity contribution in [3.63, 3.8) is 0 Å². The van der Waals surface area contributed by atoms with Crippen LogP contribution in [0.4, 0.5) is 23.4 Å². The number of hydrogen-bond acceptors (Lipinski definition) is 9. The van der Waals surface area contributed by atoms with Gasteiger partial charge in [-0.3, -0.25) is 23.9 Å². The molecule has 7 rings (SSSR count). The second-order valence-corrected chi connectivity index (χ2v) is 17.0. The van der Waals surface area contributed by atoms with Crippen molar-refractivity contribution in [2.45, 2.75) is 50.8 Å². The van der Waals surface area contributed by atoms with Gasteiger partial charge in [0.1, 0.15) is 40.9 Å². The number of carbonyl (C=O) groups excluding carboxylic acids is 1. The Morgan fingerprint density at radius 3 is 2.58 bits per heavy atom. The molecule has 1 amide bonds. The number of hydrogen-bond donors (Lipinski definition) is 3. The van der Waals surface area contributed by atoms with Gasteiger partial charge in [0.05, 0.1) is 40.5 Å². The molecular formula is C40H40ClF4N9O4S. The van der Waals surface area contributed by atoms with Crippen molar-refractivity contribution >= 4 is 50.5 Å². The predicted octanol–water partition coefficient (Wildman–Crippen LogP) is 5.30. The van der Waals surface area contributed by atoms with E-state index in [1.165, 1.54) is 24.9 Å². The number of halogens is 5. The Hall–Kier alpha value is -5.35. The molecule has 1 fully saturated rings. The number of pyridine rings is 1. The first-order valence-corrected chi connectivity index (χ1v) is 20.8. The minimum Gasteiger partial charge on any atom is -0.360 e. The van der Waals surface area contributed by atoms with Gasteiger partial charge in [0.15, 0.2) is 5.82 Å². The normalized spacial score (nSPS) is 19.4. The molecule has 1 aliphatic heterocycles. The minimum absolute atomic E-state index is 0.0331. The first-order chi connectivity index (χ1) is 27.9. The highest BCUT2D eigenvalue weighted by atomic mass is 35.5. The average molecular weight is 854 g/mol. The number of benzene rings is 2. The molecule has 0 spiro atoms. The van der Waals surface area contributed by atoms with Crippen LogP contribution in [-0.2, 0) is 51.9 Å². The van der Waals surface area contributed by atoms with Gasteiger partial charge < -0.3 is 15.4 Å². The zero-order valence-corrected chi connectivity index (χ0v) is 34.2. The summed E-state index contributed by atoms with van der Waals surface area (Å²) in [5, 5.41) is 15.3. The molecule has 4 heterocycles. The SMILES string of the molecule is C/N=C/c1nn(CC(=O)N[C@@H](Cc2cc(F)cc(F)c2)c2nc(C#C[C@]3(C)CNCCO3)ccc2-c2ccc(Cl)c3c(NS(C)(=O)=O)nn(C)c23)c2c1C[C@@H](C)C2(F)F. The summed E-state index contributed by atoms with van der Waals surface area (Å²) in [5.41, 5.74) is 1.07. The molecule has 2 aliphatic rings. The lowest BCUT2D eigenvalue weighted by Crippen LogP contribution is -2.46. The summed E-state index contributed by atoms with van der Waals surface area (Å²) in [7, 11) is -0.715. The van der Waals surface area contributed by atoms with Gasteiger partial charge in [0.2, 0.25) is 15.9 Å². The zero-order valence-electron chi connectivity index (χ0n) is 32.6. The number of amides is 1. The van der Waals surface area contributed by atoms with E-state index in [0.717, 1.165) is 23.1 Å². The van der Waals surface area contributed by atoms with E-state index in [1.54, 1.807) is 31.3 Å². The van der Waals surface area contributed by atoms with Crippen molar-refractivity contribution in [1.29, 1.82) is 0 Å². The average Bonchev–Trinajstić information content (AvgIpc) is 3.74. The molecule has 0 saturated carbocycles.